The van der Waals surface area contributed by atoms with E-state index in [1.807, 2.05) is 0 Å². The standard InChI is InChI=1S/C58H92O6/c1-4-7-10-13-15-16-17-18-19-20-21-22-23-24-25-26-27-28-29-30-31-32-33-34-35-36-37-38-39-40-41-42-43-46-48-51-57(60)63-54-55(53-62-56(59)50-47-44-12-9-6-3)64-58(61)52-49-45-14-11-8-5-2/h7,10,15-16,18-19,21-22,24-25,27-28,30-31,33-34,36-37,39-40,55H,4-6,8-9,11-14,17,20,23,26,29,32,35,38,41-54H2,1-3H3/b10-7-,16-15-,19-18-,22-21-,25-24-,28-27-,31-30-,34-33-,37-36-,40-39-. The summed E-state index contributed by atoms with van der Waals surface area (Å²) in [6.07, 6.45) is 71.2. The number of carbonyl (C=O) groups excluding carboxylic acids is 3. The molecule has 1 atom stereocenters. The Morgan fingerprint density at radius 3 is 0.953 bits per heavy atom. The molecule has 0 aromatic rings. The molecule has 360 valence electrons. The second-order valence-corrected chi connectivity index (χ2v) is 16.4. The predicted molar refractivity (Wildman–Crippen MR) is 274 cm³/mol. The Balaban J connectivity index is 4.02. The van der Waals surface area contributed by atoms with Crippen molar-refractivity contribution in [1.82, 2.24) is 0 Å². The van der Waals surface area contributed by atoms with Gasteiger partial charge in [-0.15, -0.1) is 0 Å². The summed E-state index contributed by atoms with van der Waals surface area (Å²) in [6, 6.07) is 0. The van der Waals surface area contributed by atoms with E-state index in [4.69, 9.17) is 14.2 Å². The predicted octanol–water partition coefficient (Wildman–Crippen LogP) is 16.9. The first-order valence-electron chi connectivity index (χ1n) is 25.5. The van der Waals surface area contributed by atoms with Gasteiger partial charge in [0.05, 0.1) is 0 Å². The lowest BCUT2D eigenvalue weighted by atomic mass is 10.1. The van der Waals surface area contributed by atoms with Gasteiger partial charge < -0.3 is 14.2 Å². The molecule has 0 fully saturated rings. The fourth-order valence-electron chi connectivity index (χ4n) is 6.41. The molecule has 0 saturated heterocycles. The third-order valence-electron chi connectivity index (χ3n) is 10.2. The van der Waals surface area contributed by atoms with Gasteiger partial charge in [0.25, 0.3) is 0 Å². The monoisotopic (exact) mass is 885 g/mol. The third-order valence-corrected chi connectivity index (χ3v) is 10.2. The topological polar surface area (TPSA) is 78.9 Å². The molecule has 1 unspecified atom stereocenters. The molecule has 6 heteroatoms. The molecular formula is C58H92O6. The van der Waals surface area contributed by atoms with Crippen LogP contribution in [0, 0.1) is 0 Å². The van der Waals surface area contributed by atoms with E-state index in [-0.39, 0.29) is 31.1 Å². The van der Waals surface area contributed by atoms with Crippen molar-refractivity contribution in [3.05, 3.63) is 122 Å². The number of allylic oxidation sites excluding steroid dienone is 20. The number of esters is 3. The lowest BCUT2D eigenvalue weighted by molar-refractivity contribution is -0.167. The number of hydrogen-bond acceptors (Lipinski definition) is 6. The van der Waals surface area contributed by atoms with Gasteiger partial charge in [-0.2, -0.15) is 0 Å². The van der Waals surface area contributed by atoms with Gasteiger partial charge in [-0.05, 0) is 96.3 Å². The number of unbranched alkanes of at least 4 members (excludes halogenated alkanes) is 13. The summed E-state index contributed by atoms with van der Waals surface area (Å²) in [7, 11) is 0. The number of ether oxygens (including phenoxy) is 3. The van der Waals surface area contributed by atoms with Crippen LogP contribution in [0.2, 0.25) is 0 Å². The fraction of sp³-hybridized carbons (Fsp3) is 0.603. The van der Waals surface area contributed by atoms with Crippen LogP contribution in [-0.2, 0) is 28.6 Å². The Bertz CT molecular complexity index is 1390. The molecule has 0 aliphatic heterocycles. The minimum Gasteiger partial charge on any atom is -0.462 e. The highest BCUT2D eigenvalue weighted by Gasteiger charge is 2.19. The maximum Gasteiger partial charge on any atom is 0.306 e. The summed E-state index contributed by atoms with van der Waals surface area (Å²) in [6.45, 7) is 6.32. The molecule has 0 saturated carbocycles. The molecule has 0 bridgehead atoms. The van der Waals surface area contributed by atoms with Crippen molar-refractivity contribution in [2.45, 2.75) is 213 Å². The van der Waals surface area contributed by atoms with Gasteiger partial charge in [0.15, 0.2) is 6.10 Å². The second-order valence-electron chi connectivity index (χ2n) is 16.4. The normalized spacial score (nSPS) is 13.1. The van der Waals surface area contributed by atoms with Crippen molar-refractivity contribution < 1.29 is 28.6 Å². The molecule has 0 spiro atoms. The molecule has 0 amide bonds. The highest BCUT2D eigenvalue weighted by atomic mass is 16.6. The van der Waals surface area contributed by atoms with Crippen molar-refractivity contribution in [2.24, 2.45) is 0 Å². The molecule has 0 heterocycles. The molecule has 6 nitrogen and oxygen atoms in total. The van der Waals surface area contributed by atoms with Crippen molar-refractivity contribution >= 4 is 17.9 Å². The van der Waals surface area contributed by atoms with Gasteiger partial charge in [0.1, 0.15) is 13.2 Å². The average Bonchev–Trinajstić information content (AvgIpc) is 3.29. The van der Waals surface area contributed by atoms with Crippen LogP contribution in [0.15, 0.2) is 122 Å². The van der Waals surface area contributed by atoms with Crippen LogP contribution < -0.4 is 0 Å². The molecule has 0 aromatic heterocycles. The maximum atomic E-state index is 12.5. The quantitative estimate of drug-likeness (QED) is 0.0262. The minimum atomic E-state index is -0.781. The molecule has 0 aromatic carbocycles. The number of rotatable bonds is 44. The molecular weight excluding hydrogens is 793 g/mol. The van der Waals surface area contributed by atoms with E-state index in [0.717, 1.165) is 141 Å². The zero-order valence-corrected chi connectivity index (χ0v) is 41.0. The summed E-state index contributed by atoms with van der Waals surface area (Å²) < 4.78 is 16.5. The maximum absolute atomic E-state index is 12.5. The van der Waals surface area contributed by atoms with E-state index in [0.29, 0.717) is 19.3 Å². The first kappa shape index (κ1) is 59.8. The van der Waals surface area contributed by atoms with Crippen LogP contribution in [0.25, 0.3) is 0 Å². The van der Waals surface area contributed by atoms with E-state index in [9.17, 15) is 14.4 Å². The lowest BCUT2D eigenvalue weighted by Gasteiger charge is -2.18. The zero-order valence-electron chi connectivity index (χ0n) is 41.0. The Kier molecular flexibility index (Phi) is 48.1. The third kappa shape index (κ3) is 48.8. The van der Waals surface area contributed by atoms with Gasteiger partial charge >= 0.3 is 17.9 Å². The summed E-state index contributed by atoms with van der Waals surface area (Å²) in [5.74, 6) is -0.950. The van der Waals surface area contributed by atoms with Gasteiger partial charge in [-0.25, -0.2) is 0 Å². The smallest absolute Gasteiger partial charge is 0.306 e. The van der Waals surface area contributed by atoms with Crippen LogP contribution in [0.4, 0.5) is 0 Å². The first-order valence-corrected chi connectivity index (χ1v) is 25.5. The molecule has 0 aliphatic rings. The van der Waals surface area contributed by atoms with E-state index < -0.39 is 6.10 Å². The second kappa shape index (κ2) is 51.4. The SMILES string of the molecule is CC/C=C\C/C=C\C/C=C\C/C=C\C/C=C\C/C=C\C/C=C\C/C=C\C/C=C\C/C=C\CCCCCCC(=O)OCC(COC(=O)CCCCCCC)OC(=O)CCCCCCCC. The highest BCUT2D eigenvalue weighted by molar-refractivity contribution is 5.71. The molecule has 64 heavy (non-hydrogen) atoms. The van der Waals surface area contributed by atoms with Crippen molar-refractivity contribution in [1.29, 1.82) is 0 Å². The first-order chi connectivity index (χ1) is 31.5. The zero-order chi connectivity index (χ0) is 46.5. The molecule has 0 rings (SSSR count). The van der Waals surface area contributed by atoms with Gasteiger partial charge in [0.2, 0.25) is 0 Å². The Morgan fingerprint density at radius 2 is 0.609 bits per heavy atom. The summed E-state index contributed by atoms with van der Waals surface area (Å²) in [5, 5.41) is 0. The minimum absolute atomic E-state index is 0.0885. The number of carbonyl (C=O) groups is 3. The largest absolute Gasteiger partial charge is 0.462 e. The molecule has 0 aliphatic carbocycles. The van der Waals surface area contributed by atoms with Crippen LogP contribution in [-0.4, -0.2) is 37.2 Å². The number of hydrogen-bond donors (Lipinski definition) is 0. The Hall–Kier alpha value is -4.19. The lowest BCUT2D eigenvalue weighted by Crippen LogP contribution is -2.30. The van der Waals surface area contributed by atoms with Crippen LogP contribution in [0.3, 0.4) is 0 Å². The van der Waals surface area contributed by atoms with E-state index in [2.05, 4.69) is 142 Å². The Labute approximate surface area is 392 Å². The van der Waals surface area contributed by atoms with Crippen LogP contribution >= 0.6 is 0 Å². The van der Waals surface area contributed by atoms with Gasteiger partial charge in [-0.3, -0.25) is 14.4 Å². The summed E-state index contributed by atoms with van der Waals surface area (Å²) >= 11 is 0. The van der Waals surface area contributed by atoms with Crippen molar-refractivity contribution in [3.8, 4) is 0 Å². The van der Waals surface area contributed by atoms with Gasteiger partial charge in [0, 0.05) is 19.3 Å². The molecule has 0 radical (unpaired) electrons. The summed E-state index contributed by atoms with van der Waals surface area (Å²) in [4.78, 5) is 37.3. The van der Waals surface area contributed by atoms with Gasteiger partial charge in [-0.1, -0.05) is 213 Å². The van der Waals surface area contributed by atoms with Crippen molar-refractivity contribution in [2.75, 3.05) is 13.2 Å². The van der Waals surface area contributed by atoms with E-state index in [1.54, 1.807) is 0 Å². The highest BCUT2D eigenvalue weighted by Crippen LogP contribution is 2.12. The van der Waals surface area contributed by atoms with E-state index in [1.165, 1.54) is 25.7 Å². The fourth-order valence-corrected chi connectivity index (χ4v) is 6.41. The molecule has 0 N–H and O–H groups in total. The van der Waals surface area contributed by atoms with Crippen LogP contribution in [0.5, 0.6) is 0 Å². The van der Waals surface area contributed by atoms with Crippen molar-refractivity contribution in [3.63, 3.8) is 0 Å². The average molecular weight is 885 g/mol. The summed E-state index contributed by atoms with van der Waals surface area (Å²) in [5.41, 5.74) is 0. The van der Waals surface area contributed by atoms with E-state index >= 15 is 0 Å². The van der Waals surface area contributed by atoms with Crippen LogP contribution in [0.1, 0.15) is 207 Å². The Morgan fingerprint density at radius 1 is 0.328 bits per heavy atom.